The Morgan fingerprint density at radius 3 is 2.23 bits per heavy atom. The Labute approximate surface area is 132 Å². The van der Waals surface area contributed by atoms with Crippen LogP contribution in [-0.2, 0) is 0 Å². The van der Waals surface area contributed by atoms with E-state index < -0.39 is 0 Å². The maximum absolute atomic E-state index is 5.34. The van der Waals surface area contributed by atoms with E-state index in [1.54, 1.807) is 14.2 Å². The molecule has 0 heterocycles. The molecular formula is C19H23NO2. The lowest BCUT2D eigenvalue weighted by molar-refractivity contribution is 0.414. The number of hydrogen-bond acceptors (Lipinski definition) is 3. The molecule has 0 atom stereocenters. The third-order valence-electron chi connectivity index (χ3n) is 3.36. The molecule has 0 N–H and O–H groups in total. The Morgan fingerprint density at radius 2 is 1.59 bits per heavy atom. The molecule has 0 aromatic heterocycles. The lowest BCUT2D eigenvalue weighted by Gasteiger charge is -2.15. The van der Waals surface area contributed by atoms with Crippen molar-refractivity contribution in [2.24, 2.45) is 0 Å². The average molecular weight is 297 g/mol. The summed E-state index contributed by atoms with van der Waals surface area (Å²) < 4.78 is 10.6. The number of rotatable bonds is 6. The smallest absolute Gasteiger partial charge is 0.119 e. The first-order valence-corrected chi connectivity index (χ1v) is 7.26. The first-order valence-electron chi connectivity index (χ1n) is 7.26. The summed E-state index contributed by atoms with van der Waals surface area (Å²) in [6, 6.07) is 16.2. The van der Waals surface area contributed by atoms with Crippen molar-refractivity contribution < 1.29 is 9.47 Å². The SMILES string of the molecule is COc1cccc(/C=C(\CN(C)C)c2cccc(OC)c2)c1. The predicted octanol–water partition coefficient (Wildman–Crippen LogP) is 3.81. The van der Waals surface area contributed by atoms with Crippen molar-refractivity contribution >= 4 is 11.6 Å². The quantitative estimate of drug-likeness (QED) is 0.757. The van der Waals surface area contributed by atoms with Gasteiger partial charge in [0.15, 0.2) is 0 Å². The summed E-state index contributed by atoms with van der Waals surface area (Å²) in [7, 11) is 7.52. The van der Waals surface area contributed by atoms with Gasteiger partial charge in [0, 0.05) is 6.54 Å². The maximum Gasteiger partial charge on any atom is 0.119 e. The van der Waals surface area contributed by atoms with E-state index in [2.05, 4.69) is 43.3 Å². The Bertz CT molecular complexity index is 647. The fourth-order valence-corrected chi connectivity index (χ4v) is 2.32. The van der Waals surface area contributed by atoms with Crippen molar-refractivity contribution in [3.63, 3.8) is 0 Å². The third kappa shape index (κ3) is 4.37. The summed E-state index contributed by atoms with van der Waals surface area (Å²) in [5.74, 6) is 1.73. The highest BCUT2D eigenvalue weighted by atomic mass is 16.5. The number of benzene rings is 2. The highest BCUT2D eigenvalue weighted by Gasteiger charge is 2.06. The molecule has 0 amide bonds. The van der Waals surface area contributed by atoms with Gasteiger partial charge in [0.05, 0.1) is 14.2 Å². The number of nitrogens with zero attached hydrogens (tertiary/aromatic N) is 1. The van der Waals surface area contributed by atoms with Crippen molar-refractivity contribution in [2.45, 2.75) is 0 Å². The molecule has 3 nitrogen and oxygen atoms in total. The van der Waals surface area contributed by atoms with Crippen LogP contribution in [0.3, 0.4) is 0 Å². The van der Waals surface area contributed by atoms with Gasteiger partial charge in [-0.25, -0.2) is 0 Å². The highest BCUT2D eigenvalue weighted by molar-refractivity contribution is 5.83. The summed E-state index contributed by atoms with van der Waals surface area (Å²) in [5, 5.41) is 0. The molecule has 116 valence electrons. The zero-order valence-corrected chi connectivity index (χ0v) is 13.7. The molecule has 0 radical (unpaired) electrons. The van der Waals surface area contributed by atoms with Crippen LogP contribution in [0.5, 0.6) is 11.5 Å². The molecule has 2 rings (SSSR count). The van der Waals surface area contributed by atoms with Crippen molar-refractivity contribution in [3.8, 4) is 11.5 Å². The second-order valence-corrected chi connectivity index (χ2v) is 5.42. The summed E-state index contributed by atoms with van der Waals surface area (Å²) in [5.41, 5.74) is 3.52. The molecule has 0 unspecified atom stereocenters. The summed E-state index contributed by atoms with van der Waals surface area (Å²) in [6.07, 6.45) is 2.19. The zero-order chi connectivity index (χ0) is 15.9. The second kappa shape index (κ2) is 7.66. The minimum atomic E-state index is 0.852. The van der Waals surface area contributed by atoms with Gasteiger partial charge in [-0.15, -0.1) is 0 Å². The van der Waals surface area contributed by atoms with Crippen molar-refractivity contribution in [2.75, 3.05) is 34.9 Å². The fraction of sp³-hybridized carbons (Fsp3) is 0.263. The molecular weight excluding hydrogens is 274 g/mol. The Kier molecular flexibility index (Phi) is 5.61. The van der Waals surface area contributed by atoms with E-state index in [1.807, 2.05) is 30.3 Å². The molecule has 2 aromatic rings. The Morgan fingerprint density at radius 1 is 0.955 bits per heavy atom. The molecule has 0 aliphatic rings. The average Bonchev–Trinajstić information content (AvgIpc) is 2.54. The van der Waals surface area contributed by atoms with Gasteiger partial charge >= 0.3 is 0 Å². The van der Waals surface area contributed by atoms with Gasteiger partial charge in [-0.3, -0.25) is 0 Å². The van der Waals surface area contributed by atoms with Gasteiger partial charge in [-0.05, 0) is 61.1 Å². The molecule has 0 spiro atoms. The molecule has 0 aliphatic heterocycles. The van der Waals surface area contributed by atoms with Gasteiger partial charge in [-0.1, -0.05) is 24.3 Å². The van der Waals surface area contributed by atoms with Crippen LogP contribution in [0.15, 0.2) is 48.5 Å². The van der Waals surface area contributed by atoms with Gasteiger partial charge in [0.1, 0.15) is 11.5 Å². The fourth-order valence-electron chi connectivity index (χ4n) is 2.32. The minimum Gasteiger partial charge on any atom is -0.497 e. The lowest BCUT2D eigenvalue weighted by Crippen LogP contribution is -2.14. The van der Waals surface area contributed by atoms with Gasteiger partial charge in [-0.2, -0.15) is 0 Å². The lowest BCUT2D eigenvalue weighted by atomic mass is 10.0. The van der Waals surface area contributed by atoms with Gasteiger partial charge in [0.25, 0.3) is 0 Å². The molecule has 22 heavy (non-hydrogen) atoms. The third-order valence-corrected chi connectivity index (χ3v) is 3.36. The van der Waals surface area contributed by atoms with Gasteiger partial charge in [0.2, 0.25) is 0 Å². The number of hydrogen-bond donors (Lipinski definition) is 0. The van der Waals surface area contributed by atoms with Crippen LogP contribution in [0.2, 0.25) is 0 Å². The van der Waals surface area contributed by atoms with Crippen LogP contribution < -0.4 is 9.47 Å². The number of ether oxygens (including phenoxy) is 2. The van der Waals surface area contributed by atoms with Gasteiger partial charge < -0.3 is 14.4 Å². The van der Waals surface area contributed by atoms with E-state index in [-0.39, 0.29) is 0 Å². The number of methoxy groups -OCH3 is 2. The van der Waals surface area contributed by atoms with E-state index >= 15 is 0 Å². The predicted molar refractivity (Wildman–Crippen MR) is 92.4 cm³/mol. The van der Waals surface area contributed by atoms with E-state index in [4.69, 9.17) is 9.47 Å². The molecule has 2 aromatic carbocycles. The van der Waals surface area contributed by atoms with Crippen LogP contribution in [0.4, 0.5) is 0 Å². The minimum absolute atomic E-state index is 0.852. The topological polar surface area (TPSA) is 21.7 Å². The highest BCUT2D eigenvalue weighted by Crippen LogP contribution is 2.24. The molecule has 3 heteroatoms. The van der Waals surface area contributed by atoms with E-state index in [0.717, 1.165) is 29.2 Å². The standard InChI is InChI=1S/C19H23NO2/c1-20(2)14-17(16-8-6-10-19(13-16)22-4)11-15-7-5-9-18(12-15)21-3/h5-13H,14H2,1-4H3/b17-11+. The summed E-state index contributed by atoms with van der Waals surface area (Å²) in [4.78, 5) is 2.16. The summed E-state index contributed by atoms with van der Waals surface area (Å²) in [6.45, 7) is 0.852. The van der Waals surface area contributed by atoms with Crippen LogP contribution in [-0.4, -0.2) is 39.8 Å². The molecule has 0 bridgehead atoms. The zero-order valence-electron chi connectivity index (χ0n) is 13.7. The summed E-state index contributed by atoms with van der Waals surface area (Å²) >= 11 is 0. The van der Waals surface area contributed by atoms with E-state index in [1.165, 1.54) is 5.57 Å². The molecule has 0 aliphatic carbocycles. The van der Waals surface area contributed by atoms with Crippen molar-refractivity contribution in [1.82, 2.24) is 4.90 Å². The number of likely N-dealkylation sites (N-methyl/N-ethyl adjacent to an activating group) is 1. The second-order valence-electron chi connectivity index (χ2n) is 5.42. The Balaban J connectivity index is 2.41. The monoisotopic (exact) mass is 297 g/mol. The van der Waals surface area contributed by atoms with E-state index in [9.17, 15) is 0 Å². The van der Waals surface area contributed by atoms with Crippen molar-refractivity contribution in [3.05, 3.63) is 59.7 Å². The molecule has 0 saturated carbocycles. The largest absolute Gasteiger partial charge is 0.497 e. The molecule has 0 fully saturated rings. The maximum atomic E-state index is 5.34. The van der Waals surface area contributed by atoms with E-state index in [0.29, 0.717) is 0 Å². The molecule has 0 saturated heterocycles. The van der Waals surface area contributed by atoms with Crippen LogP contribution in [0.1, 0.15) is 11.1 Å². The first kappa shape index (κ1) is 16.1. The Hall–Kier alpha value is -2.26. The van der Waals surface area contributed by atoms with Crippen molar-refractivity contribution in [1.29, 1.82) is 0 Å². The van der Waals surface area contributed by atoms with Crippen LogP contribution in [0.25, 0.3) is 11.6 Å². The first-order chi connectivity index (χ1) is 10.6. The van der Waals surface area contributed by atoms with Crippen LogP contribution >= 0.6 is 0 Å². The normalized spacial score (nSPS) is 11.6. The van der Waals surface area contributed by atoms with Crippen LogP contribution in [0, 0.1) is 0 Å².